The molecule has 2 rings (SSSR count). The van der Waals surface area contributed by atoms with Gasteiger partial charge in [0.2, 0.25) is 0 Å². The molecule has 4 nitrogen and oxygen atoms in total. The van der Waals surface area contributed by atoms with Crippen LogP contribution in [0.15, 0.2) is 29.8 Å². The van der Waals surface area contributed by atoms with Crippen LogP contribution in [0.1, 0.15) is 16.1 Å². The summed E-state index contributed by atoms with van der Waals surface area (Å²) in [4.78, 5) is 15.3. The van der Waals surface area contributed by atoms with Gasteiger partial charge in [-0.1, -0.05) is 6.07 Å². The van der Waals surface area contributed by atoms with Crippen LogP contribution in [0.4, 0.5) is 18.2 Å². The Morgan fingerprint density at radius 2 is 2.11 bits per heavy atom. The maximum atomic E-state index is 12.5. The molecular weight excluding hydrogens is 281 g/mol. The second-order valence-corrected chi connectivity index (χ2v) is 4.37. The van der Waals surface area contributed by atoms with Gasteiger partial charge >= 0.3 is 12.1 Å². The normalized spacial score (nSPS) is 11.3. The van der Waals surface area contributed by atoms with E-state index in [0.717, 1.165) is 29.5 Å². The lowest BCUT2D eigenvalue weighted by molar-refractivity contribution is -0.137. The highest BCUT2D eigenvalue weighted by molar-refractivity contribution is 7.14. The number of benzene rings is 1. The van der Waals surface area contributed by atoms with Crippen molar-refractivity contribution in [2.45, 2.75) is 6.18 Å². The van der Waals surface area contributed by atoms with Crippen molar-refractivity contribution in [3.05, 3.63) is 41.0 Å². The highest BCUT2D eigenvalue weighted by atomic mass is 32.1. The lowest BCUT2D eigenvalue weighted by atomic mass is 10.2. The summed E-state index contributed by atoms with van der Waals surface area (Å²) in [5, 5.41) is 0.150. The Labute approximate surface area is 109 Å². The molecule has 0 atom stereocenters. The summed E-state index contributed by atoms with van der Waals surface area (Å²) in [5.41, 5.74) is 5.81. The van der Waals surface area contributed by atoms with Crippen LogP contribution in [0.2, 0.25) is 0 Å². The number of esters is 1. The van der Waals surface area contributed by atoms with Crippen molar-refractivity contribution >= 4 is 22.3 Å². The molecule has 0 unspecified atom stereocenters. The Balaban J connectivity index is 2.21. The van der Waals surface area contributed by atoms with E-state index in [1.165, 1.54) is 11.6 Å². The fourth-order valence-corrected chi connectivity index (χ4v) is 1.82. The highest BCUT2D eigenvalue weighted by Gasteiger charge is 2.30. The van der Waals surface area contributed by atoms with E-state index in [-0.39, 0.29) is 16.4 Å². The Morgan fingerprint density at radius 1 is 1.37 bits per heavy atom. The second kappa shape index (κ2) is 4.88. The quantitative estimate of drug-likeness (QED) is 0.681. The molecule has 0 fully saturated rings. The van der Waals surface area contributed by atoms with E-state index in [0.29, 0.717) is 0 Å². The largest absolute Gasteiger partial charge is 0.422 e. The summed E-state index contributed by atoms with van der Waals surface area (Å²) in [5.74, 6) is -1.11. The lowest BCUT2D eigenvalue weighted by Gasteiger charge is -2.08. The summed E-state index contributed by atoms with van der Waals surface area (Å²) in [6.45, 7) is 0. The third-order valence-corrected chi connectivity index (χ3v) is 2.82. The number of carbonyl (C=O) groups excluding carboxylic acids is 1. The first-order valence-electron chi connectivity index (χ1n) is 4.96. The van der Waals surface area contributed by atoms with Gasteiger partial charge in [0.25, 0.3) is 0 Å². The number of ether oxygens (including phenoxy) is 1. The minimum absolute atomic E-state index is 0.109. The molecule has 0 bridgehead atoms. The predicted molar refractivity (Wildman–Crippen MR) is 62.9 cm³/mol. The Kier molecular flexibility index (Phi) is 3.43. The number of nitrogen functional groups attached to an aromatic ring is 1. The number of halogens is 3. The van der Waals surface area contributed by atoms with Crippen LogP contribution in [0, 0.1) is 0 Å². The topological polar surface area (TPSA) is 65.2 Å². The van der Waals surface area contributed by atoms with Crippen LogP contribution in [0.5, 0.6) is 5.75 Å². The number of aromatic nitrogens is 1. The third kappa shape index (κ3) is 3.02. The van der Waals surface area contributed by atoms with Gasteiger partial charge in [0.05, 0.1) is 11.1 Å². The molecule has 0 radical (unpaired) electrons. The highest BCUT2D eigenvalue weighted by Crippen LogP contribution is 2.31. The predicted octanol–water partition coefficient (Wildman–Crippen LogP) is 2.96. The molecule has 0 spiro atoms. The van der Waals surface area contributed by atoms with Crippen LogP contribution in [-0.2, 0) is 6.18 Å². The molecule has 1 aromatic heterocycles. The summed E-state index contributed by atoms with van der Waals surface area (Å²) >= 11 is 1.04. The van der Waals surface area contributed by atoms with Crippen molar-refractivity contribution < 1.29 is 22.7 Å². The number of carbonyl (C=O) groups is 1. The standard InChI is InChI=1S/C11H7F3N2O2S/c12-11(13,14)6-2-1-3-7(4-6)18-10(17)8-9(15)19-5-16-8/h1-5H,15H2. The zero-order valence-electron chi connectivity index (χ0n) is 9.27. The smallest absolute Gasteiger partial charge is 0.416 e. The van der Waals surface area contributed by atoms with E-state index in [2.05, 4.69) is 4.98 Å². The van der Waals surface area contributed by atoms with Gasteiger partial charge in [0.1, 0.15) is 10.8 Å². The van der Waals surface area contributed by atoms with Crippen LogP contribution in [0.3, 0.4) is 0 Å². The number of thiazole rings is 1. The molecule has 1 heterocycles. The molecule has 0 saturated heterocycles. The summed E-state index contributed by atoms with van der Waals surface area (Å²) in [7, 11) is 0. The monoisotopic (exact) mass is 288 g/mol. The van der Waals surface area contributed by atoms with Crippen LogP contribution < -0.4 is 10.5 Å². The van der Waals surface area contributed by atoms with Crippen LogP contribution >= 0.6 is 11.3 Å². The number of alkyl halides is 3. The summed E-state index contributed by atoms with van der Waals surface area (Å²) in [6.07, 6.45) is -4.50. The van der Waals surface area contributed by atoms with Gasteiger partial charge in [0.15, 0.2) is 5.69 Å². The van der Waals surface area contributed by atoms with Crippen molar-refractivity contribution in [2.75, 3.05) is 5.73 Å². The van der Waals surface area contributed by atoms with E-state index >= 15 is 0 Å². The molecule has 2 N–H and O–H groups in total. The van der Waals surface area contributed by atoms with E-state index < -0.39 is 17.7 Å². The molecule has 100 valence electrons. The van der Waals surface area contributed by atoms with Crippen LogP contribution in [-0.4, -0.2) is 11.0 Å². The first kappa shape index (κ1) is 13.3. The molecule has 0 aliphatic rings. The number of hydrogen-bond donors (Lipinski definition) is 1. The molecule has 0 saturated carbocycles. The van der Waals surface area contributed by atoms with Crippen LogP contribution in [0.25, 0.3) is 0 Å². The lowest BCUT2D eigenvalue weighted by Crippen LogP contribution is -2.12. The maximum Gasteiger partial charge on any atom is 0.416 e. The Morgan fingerprint density at radius 3 is 2.68 bits per heavy atom. The third-order valence-electron chi connectivity index (χ3n) is 2.16. The average Bonchev–Trinajstić information content (AvgIpc) is 2.75. The van der Waals surface area contributed by atoms with Gasteiger partial charge in [-0.15, -0.1) is 11.3 Å². The number of hydrogen-bond acceptors (Lipinski definition) is 5. The zero-order valence-corrected chi connectivity index (χ0v) is 10.1. The van der Waals surface area contributed by atoms with Crippen molar-refractivity contribution in [2.24, 2.45) is 0 Å². The van der Waals surface area contributed by atoms with Crippen molar-refractivity contribution in [3.8, 4) is 5.75 Å². The molecule has 0 amide bonds. The van der Waals surface area contributed by atoms with Gasteiger partial charge < -0.3 is 10.5 Å². The van der Waals surface area contributed by atoms with Crippen molar-refractivity contribution in [1.29, 1.82) is 0 Å². The number of nitrogens with zero attached hydrogens (tertiary/aromatic N) is 1. The van der Waals surface area contributed by atoms with Gasteiger partial charge in [0, 0.05) is 0 Å². The molecule has 8 heteroatoms. The first-order valence-corrected chi connectivity index (χ1v) is 5.84. The van der Waals surface area contributed by atoms with E-state index in [9.17, 15) is 18.0 Å². The van der Waals surface area contributed by atoms with Crippen molar-refractivity contribution in [1.82, 2.24) is 4.98 Å². The van der Waals surface area contributed by atoms with Gasteiger partial charge in [-0.05, 0) is 18.2 Å². The summed E-state index contributed by atoms with van der Waals surface area (Å²) in [6, 6.07) is 4.01. The number of rotatable bonds is 2. The number of anilines is 1. The van der Waals surface area contributed by atoms with Gasteiger partial charge in [-0.3, -0.25) is 0 Å². The Bertz CT molecular complexity index is 610. The minimum Gasteiger partial charge on any atom is -0.422 e. The second-order valence-electron chi connectivity index (χ2n) is 3.48. The maximum absolute atomic E-state index is 12.5. The SMILES string of the molecule is Nc1scnc1C(=O)Oc1cccc(C(F)(F)F)c1. The minimum atomic E-state index is -4.50. The summed E-state index contributed by atoms with van der Waals surface area (Å²) < 4.78 is 42.2. The molecule has 0 aliphatic carbocycles. The average molecular weight is 288 g/mol. The van der Waals surface area contributed by atoms with E-state index in [4.69, 9.17) is 10.5 Å². The molecule has 0 aliphatic heterocycles. The number of nitrogens with two attached hydrogens (primary N) is 1. The molecule has 2 aromatic rings. The fourth-order valence-electron chi connectivity index (χ4n) is 1.30. The fraction of sp³-hybridized carbons (Fsp3) is 0.0909. The van der Waals surface area contributed by atoms with E-state index in [1.807, 2.05) is 0 Å². The molecule has 1 aromatic carbocycles. The Hall–Kier alpha value is -2.09. The molecule has 19 heavy (non-hydrogen) atoms. The van der Waals surface area contributed by atoms with Crippen molar-refractivity contribution in [3.63, 3.8) is 0 Å². The van der Waals surface area contributed by atoms with Gasteiger partial charge in [-0.2, -0.15) is 13.2 Å². The molecular formula is C11H7F3N2O2S. The zero-order chi connectivity index (χ0) is 14.0. The van der Waals surface area contributed by atoms with Gasteiger partial charge in [-0.25, -0.2) is 9.78 Å². The van der Waals surface area contributed by atoms with E-state index in [1.54, 1.807) is 0 Å². The first-order chi connectivity index (χ1) is 8.88.